The van der Waals surface area contributed by atoms with Gasteiger partial charge in [0, 0.05) is 31.8 Å². The van der Waals surface area contributed by atoms with Crippen LogP contribution in [-0.2, 0) is 14.3 Å². The number of carboxylic acids is 1. The van der Waals surface area contributed by atoms with Gasteiger partial charge >= 0.3 is 12.1 Å². The molecule has 2 amide bonds. The summed E-state index contributed by atoms with van der Waals surface area (Å²) in [5, 5.41) is 14.2. The Hall–Kier alpha value is -3.35. The molecule has 0 spiro atoms. The molecule has 7 heteroatoms. The molecule has 3 rings (SSSR count). The van der Waals surface area contributed by atoms with Crippen LogP contribution in [-0.4, -0.2) is 42.8 Å². The van der Waals surface area contributed by atoms with E-state index in [2.05, 4.69) is 41.8 Å². The summed E-state index contributed by atoms with van der Waals surface area (Å²) in [6.07, 6.45) is 2.88. The second-order valence-corrected chi connectivity index (χ2v) is 8.70. The van der Waals surface area contributed by atoms with E-state index in [0.717, 1.165) is 19.3 Å². The molecule has 1 aliphatic rings. The number of benzene rings is 2. The summed E-state index contributed by atoms with van der Waals surface area (Å²) in [4.78, 5) is 34.7. The van der Waals surface area contributed by atoms with E-state index in [1.54, 1.807) is 0 Å². The predicted molar refractivity (Wildman–Crippen MR) is 131 cm³/mol. The lowest BCUT2D eigenvalue weighted by Gasteiger charge is -2.17. The van der Waals surface area contributed by atoms with Crippen LogP contribution in [0.4, 0.5) is 4.79 Å². The molecular weight excluding hydrogens is 432 g/mol. The van der Waals surface area contributed by atoms with Crippen LogP contribution in [0.25, 0.3) is 11.1 Å². The first-order valence-corrected chi connectivity index (χ1v) is 12.1. The summed E-state index contributed by atoms with van der Waals surface area (Å²) in [5.41, 5.74) is 4.76. The van der Waals surface area contributed by atoms with Gasteiger partial charge in [0.1, 0.15) is 6.61 Å². The highest BCUT2D eigenvalue weighted by atomic mass is 16.5. The molecule has 0 bridgehead atoms. The summed E-state index contributed by atoms with van der Waals surface area (Å²) < 4.78 is 5.57. The molecule has 1 aliphatic carbocycles. The zero-order chi connectivity index (χ0) is 24.3. The number of amides is 2. The molecule has 3 N–H and O–H groups in total. The minimum atomic E-state index is -0.857. The molecule has 0 saturated carbocycles. The van der Waals surface area contributed by atoms with E-state index >= 15 is 0 Å². The fourth-order valence-electron chi connectivity index (χ4n) is 4.47. The summed E-state index contributed by atoms with van der Waals surface area (Å²) >= 11 is 0. The van der Waals surface area contributed by atoms with E-state index in [0.29, 0.717) is 38.5 Å². The Bertz CT molecular complexity index is 945. The maximum atomic E-state index is 12.3. The van der Waals surface area contributed by atoms with Gasteiger partial charge in [-0.15, -0.1) is 0 Å². The zero-order valence-corrected chi connectivity index (χ0v) is 19.7. The van der Waals surface area contributed by atoms with Crippen molar-refractivity contribution in [2.24, 2.45) is 5.92 Å². The fourth-order valence-corrected chi connectivity index (χ4v) is 4.47. The molecule has 0 saturated heterocycles. The van der Waals surface area contributed by atoms with E-state index in [4.69, 9.17) is 9.84 Å². The Morgan fingerprint density at radius 2 is 1.56 bits per heavy atom. The van der Waals surface area contributed by atoms with Crippen molar-refractivity contribution in [1.29, 1.82) is 0 Å². The molecule has 2 aromatic carbocycles. The molecule has 2 aromatic rings. The summed E-state index contributed by atoms with van der Waals surface area (Å²) in [6, 6.07) is 16.5. The van der Waals surface area contributed by atoms with Crippen LogP contribution >= 0.6 is 0 Å². The maximum Gasteiger partial charge on any atom is 0.407 e. The van der Waals surface area contributed by atoms with Crippen molar-refractivity contribution in [3.8, 4) is 11.1 Å². The highest BCUT2D eigenvalue weighted by Gasteiger charge is 2.28. The molecule has 0 heterocycles. The molecule has 1 atom stereocenters. The number of aliphatic carboxylic acids is 1. The quantitative estimate of drug-likeness (QED) is 0.371. The fraction of sp³-hybridized carbons (Fsp3) is 0.444. The molecule has 182 valence electrons. The summed E-state index contributed by atoms with van der Waals surface area (Å²) in [7, 11) is 0. The van der Waals surface area contributed by atoms with Gasteiger partial charge in [0.15, 0.2) is 0 Å². The molecule has 1 unspecified atom stereocenters. The minimum Gasteiger partial charge on any atom is -0.481 e. The van der Waals surface area contributed by atoms with Crippen molar-refractivity contribution in [3.63, 3.8) is 0 Å². The predicted octanol–water partition coefficient (Wildman–Crippen LogP) is 4.70. The lowest BCUT2D eigenvalue weighted by molar-refractivity contribution is -0.137. The van der Waals surface area contributed by atoms with Gasteiger partial charge in [0.2, 0.25) is 5.91 Å². The highest BCUT2D eigenvalue weighted by Crippen LogP contribution is 2.44. The first-order valence-electron chi connectivity index (χ1n) is 12.1. The van der Waals surface area contributed by atoms with Crippen molar-refractivity contribution < 1.29 is 24.2 Å². The van der Waals surface area contributed by atoms with Crippen LogP contribution in [0.2, 0.25) is 0 Å². The molecule has 7 nitrogen and oxygen atoms in total. The topological polar surface area (TPSA) is 105 Å². The Morgan fingerprint density at radius 3 is 2.18 bits per heavy atom. The van der Waals surface area contributed by atoms with Gasteiger partial charge in [-0.2, -0.15) is 0 Å². The first kappa shape index (κ1) is 25.3. The third-order valence-electron chi connectivity index (χ3n) is 6.41. The van der Waals surface area contributed by atoms with Crippen LogP contribution in [0.1, 0.15) is 62.5 Å². The van der Waals surface area contributed by atoms with Crippen molar-refractivity contribution in [2.45, 2.75) is 51.4 Å². The summed E-state index contributed by atoms with van der Waals surface area (Å²) in [5.74, 6) is -0.563. The molecule has 0 radical (unpaired) electrons. The van der Waals surface area contributed by atoms with Gasteiger partial charge in [-0.25, -0.2) is 4.79 Å². The number of nitrogens with one attached hydrogen (secondary N) is 2. The molecule has 0 aromatic heterocycles. The third kappa shape index (κ3) is 7.07. The number of hydrogen-bond donors (Lipinski definition) is 3. The van der Waals surface area contributed by atoms with Crippen molar-refractivity contribution in [2.75, 3.05) is 19.7 Å². The first-order chi connectivity index (χ1) is 16.5. The number of carboxylic acid groups (broad SMARTS) is 1. The Morgan fingerprint density at radius 1 is 0.912 bits per heavy atom. The maximum absolute atomic E-state index is 12.3. The Balaban J connectivity index is 1.36. The van der Waals surface area contributed by atoms with Crippen LogP contribution in [0.15, 0.2) is 48.5 Å². The second kappa shape index (κ2) is 12.8. The third-order valence-corrected chi connectivity index (χ3v) is 6.41. The van der Waals surface area contributed by atoms with Gasteiger partial charge < -0.3 is 20.5 Å². The average Bonchev–Trinajstić information content (AvgIpc) is 3.16. The van der Waals surface area contributed by atoms with E-state index in [-0.39, 0.29) is 18.2 Å². The Kier molecular flexibility index (Phi) is 9.50. The molecule has 34 heavy (non-hydrogen) atoms. The number of rotatable bonds is 13. The van der Waals surface area contributed by atoms with Crippen molar-refractivity contribution in [1.82, 2.24) is 10.6 Å². The summed E-state index contributed by atoms with van der Waals surface area (Å²) in [6.45, 7) is 3.24. The van der Waals surface area contributed by atoms with Gasteiger partial charge in [-0.1, -0.05) is 61.9 Å². The van der Waals surface area contributed by atoms with Gasteiger partial charge in [-0.05, 0) is 47.4 Å². The normalized spacial score (nSPS) is 13.0. The number of carbonyl (C=O) groups excluding carboxylic acids is 2. The molecule has 0 aliphatic heterocycles. The lowest BCUT2D eigenvalue weighted by atomic mass is 9.96. The van der Waals surface area contributed by atoms with E-state index in [1.807, 2.05) is 24.3 Å². The van der Waals surface area contributed by atoms with Crippen LogP contribution in [0.3, 0.4) is 0 Å². The van der Waals surface area contributed by atoms with Gasteiger partial charge in [0.25, 0.3) is 0 Å². The Labute approximate surface area is 200 Å². The largest absolute Gasteiger partial charge is 0.481 e. The van der Waals surface area contributed by atoms with E-state index < -0.39 is 12.1 Å². The number of carbonyl (C=O) groups is 3. The van der Waals surface area contributed by atoms with Crippen LogP contribution in [0, 0.1) is 5.92 Å². The van der Waals surface area contributed by atoms with Crippen molar-refractivity contribution >= 4 is 18.0 Å². The molecular formula is C27H34N2O5. The van der Waals surface area contributed by atoms with Crippen LogP contribution in [0.5, 0.6) is 0 Å². The number of hydrogen-bond acceptors (Lipinski definition) is 4. The monoisotopic (exact) mass is 466 g/mol. The van der Waals surface area contributed by atoms with E-state index in [9.17, 15) is 14.4 Å². The number of ether oxygens (including phenoxy) is 1. The van der Waals surface area contributed by atoms with Gasteiger partial charge in [0.05, 0.1) is 0 Å². The smallest absolute Gasteiger partial charge is 0.407 e. The number of fused-ring (bicyclic) bond motifs is 3. The second-order valence-electron chi connectivity index (χ2n) is 8.70. The standard InChI is InChI=1S/C27H34N2O5/c1-2-19(13-14-25(30)28-16-7-12-26(31)32)15-17-29-27(33)34-18-24-22-10-5-3-8-20(22)21-9-4-6-11-23(21)24/h3-6,8-11,19,24H,2,7,12-18H2,1H3,(H,28,30)(H,29,33)(H,31,32). The highest BCUT2D eigenvalue weighted by molar-refractivity contribution is 5.79. The van der Waals surface area contributed by atoms with Crippen molar-refractivity contribution in [3.05, 3.63) is 59.7 Å². The van der Waals surface area contributed by atoms with E-state index in [1.165, 1.54) is 22.3 Å². The average molecular weight is 467 g/mol. The molecule has 0 fully saturated rings. The number of alkyl carbamates (subject to hydrolysis) is 1. The minimum absolute atomic E-state index is 0.0375. The van der Waals surface area contributed by atoms with Crippen LogP contribution < -0.4 is 10.6 Å². The zero-order valence-electron chi connectivity index (χ0n) is 19.7. The van der Waals surface area contributed by atoms with Gasteiger partial charge in [-0.3, -0.25) is 9.59 Å². The SMILES string of the molecule is CCC(CCNC(=O)OCC1c2ccccc2-c2ccccc21)CCC(=O)NCCCC(=O)O. The lowest BCUT2D eigenvalue weighted by Crippen LogP contribution is -2.28.